The number of hydrogen-bond acceptors (Lipinski definition) is 5. The molecule has 0 bridgehead atoms. The summed E-state index contributed by atoms with van der Waals surface area (Å²) in [5, 5.41) is 17.3. The van der Waals surface area contributed by atoms with E-state index in [0.29, 0.717) is 17.3 Å². The van der Waals surface area contributed by atoms with Crippen molar-refractivity contribution in [2.75, 3.05) is 0 Å². The molecule has 1 saturated carbocycles. The van der Waals surface area contributed by atoms with Crippen molar-refractivity contribution >= 4 is 17.5 Å². The maximum atomic E-state index is 11.9. The largest absolute Gasteiger partial charge is 0.391 e. The van der Waals surface area contributed by atoms with E-state index in [2.05, 4.69) is 15.5 Å². The first-order chi connectivity index (χ1) is 11.0. The molecule has 1 amide bonds. The predicted molar refractivity (Wildman–Crippen MR) is 83.8 cm³/mol. The number of nitrogens with one attached hydrogen (secondary N) is 1. The van der Waals surface area contributed by atoms with Crippen LogP contribution in [-0.4, -0.2) is 27.3 Å². The standard InChI is InChI=1S/C16H18ClN3O3/c1-9(21)14(19-15(22)11-4-5-11)16-18-13(20-23-16)8-10-2-6-12(17)7-3-10/h2-3,6-7,9,11,14,21H,4-5,8H2,1H3,(H,19,22). The average molecular weight is 336 g/mol. The number of aliphatic hydroxyl groups is 1. The van der Waals surface area contributed by atoms with Gasteiger partial charge in [0.05, 0.1) is 6.10 Å². The summed E-state index contributed by atoms with van der Waals surface area (Å²) in [5.74, 6) is 0.688. The van der Waals surface area contributed by atoms with E-state index in [1.807, 2.05) is 12.1 Å². The van der Waals surface area contributed by atoms with E-state index in [4.69, 9.17) is 16.1 Å². The summed E-state index contributed by atoms with van der Waals surface area (Å²) >= 11 is 5.86. The lowest BCUT2D eigenvalue weighted by atomic mass is 10.1. The Morgan fingerprint density at radius 3 is 2.74 bits per heavy atom. The lowest BCUT2D eigenvalue weighted by molar-refractivity contribution is -0.124. The summed E-state index contributed by atoms with van der Waals surface area (Å²) in [6.45, 7) is 1.58. The van der Waals surface area contributed by atoms with Gasteiger partial charge >= 0.3 is 0 Å². The van der Waals surface area contributed by atoms with Crippen LogP contribution in [0.15, 0.2) is 28.8 Å². The summed E-state index contributed by atoms with van der Waals surface area (Å²) in [7, 11) is 0. The van der Waals surface area contributed by atoms with Crippen molar-refractivity contribution in [2.24, 2.45) is 5.92 Å². The van der Waals surface area contributed by atoms with Crippen LogP contribution in [0, 0.1) is 5.92 Å². The third-order valence-corrected chi connectivity index (χ3v) is 4.01. The van der Waals surface area contributed by atoms with E-state index in [-0.39, 0.29) is 17.7 Å². The molecule has 1 fully saturated rings. The monoisotopic (exact) mass is 335 g/mol. The van der Waals surface area contributed by atoms with Crippen molar-refractivity contribution in [3.63, 3.8) is 0 Å². The summed E-state index contributed by atoms with van der Waals surface area (Å²) in [6.07, 6.45) is 1.46. The fraction of sp³-hybridized carbons (Fsp3) is 0.438. The molecule has 2 aromatic rings. The van der Waals surface area contributed by atoms with Gasteiger partial charge in [-0.2, -0.15) is 4.98 Å². The number of amides is 1. The molecule has 0 radical (unpaired) electrons. The highest BCUT2D eigenvalue weighted by Crippen LogP contribution is 2.30. The zero-order valence-corrected chi connectivity index (χ0v) is 13.5. The topological polar surface area (TPSA) is 88.2 Å². The summed E-state index contributed by atoms with van der Waals surface area (Å²) < 4.78 is 5.22. The maximum Gasteiger partial charge on any atom is 0.251 e. The number of halogens is 1. The molecule has 2 N–H and O–H groups in total. The van der Waals surface area contributed by atoms with E-state index in [9.17, 15) is 9.90 Å². The number of aliphatic hydroxyl groups excluding tert-OH is 1. The molecule has 1 aromatic heterocycles. The van der Waals surface area contributed by atoms with Gasteiger partial charge < -0.3 is 14.9 Å². The zero-order chi connectivity index (χ0) is 16.4. The number of nitrogens with zero attached hydrogens (tertiary/aromatic N) is 2. The second-order valence-corrected chi connectivity index (χ2v) is 6.29. The Morgan fingerprint density at radius 2 is 2.13 bits per heavy atom. The molecule has 1 aromatic carbocycles. The van der Waals surface area contributed by atoms with Gasteiger partial charge in [-0.25, -0.2) is 0 Å². The Bertz CT molecular complexity index is 680. The van der Waals surface area contributed by atoms with Crippen molar-refractivity contribution < 1.29 is 14.4 Å². The van der Waals surface area contributed by atoms with Crippen LogP contribution in [0.3, 0.4) is 0 Å². The average Bonchev–Trinajstić information content (AvgIpc) is 3.27. The summed E-state index contributed by atoms with van der Waals surface area (Å²) in [6, 6.07) is 6.69. The van der Waals surface area contributed by atoms with Gasteiger partial charge in [0.25, 0.3) is 5.89 Å². The molecule has 3 rings (SSSR count). The normalized spacial score (nSPS) is 16.8. The molecule has 6 nitrogen and oxygen atoms in total. The van der Waals surface area contributed by atoms with Crippen LogP contribution in [-0.2, 0) is 11.2 Å². The lowest BCUT2D eigenvalue weighted by Gasteiger charge is -2.17. The highest BCUT2D eigenvalue weighted by Gasteiger charge is 2.34. The van der Waals surface area contributed by atoms with Gasteiger partial charge in [0, 0.05) is 17.4 Å². The summed E-state index contributed by atoms with van der Waals surface area (Å²) in [4.78, 5) is 16.2. The molecule has 2 atom stereocenters. The maximum absolute atomic E-state index is 11.9. The van der Waals surface area contributed by atoms with Crippen molar-refractivity contribution in [1.82, 2.24) is 15.5 Å². The van der Waals surface area contributed by atoms with Crippen LogP contribution in [0.5, 0.6) is 0 Å². The minimum absolute atomic E-state index is 0.0488. The quantitative estimate of drug-likeness (QED) is 0.845. The first-order valence-corrected chi connectivity index (χ1v) is 7.96. The van der Waals surface area contributed by atoms with Gasteiger partial charge in [-0.1, -0.05) is 28.9 Å². The highest BCUT2D eigenvalue weighted by atomic mass is 35.5. The highest BCUT2D eigenvalue weighted by molar-refractivity contribution is 6.30. The molecule has 0 aliphatic heterocycles. The molecule has 23 heavy (non-hydrogen) atoms. The molecule has 2 unspecified atom stereocenters. The molecular weight excluding hydrogens is 318 g/mol. The molecule has 122 valence electrons. The fourth-order valence-electron chi connectivity index (χ4n) is 2.26. The summed E-state index contributed by atoms with van der Waals surface area (Å²) in [5.41, 5.74) is 0.998. The van der Waals surface area contributed by atoms with Crippen molar-refractivity contribution in [1.29, 1.82) is 0 Å². The molecular formula is C16H18ClN3O3. The fourth-order valence-corrected chi connectivity index (χ4v) is 2.38. The predicted octanol–water partition coefficient (Wildman–Crippen LogP) is 2.26. The third-order valence-electron chi connectivity index (χ3n) is 3.75. The molecule has 7 heteroatoms. The Morgan fingerprint density at radius 1 is 1.43 bits per heavy atom. The van der Waals surface area contributed by atoms with Crippen molar-refractivity contribution in [3.05, 3.63) is 46.6 Å². The molecule has 1 heterocycles. The van der Waals surface area contributed by atoms with Crippen LogP contribution in [0.4, 0.5) is 0 Å². The number of carbonyl (C=O) groups is 1. The molecule has 1 aliphatic rings. The second kappa shape index (κ2) is 6.68. The van der Waals surface area contributed by atoms with Crippen LogP contribution in [0.1, 0.15) is 43.1 Å². The van der Waals surface area contributed by atoms with E-state index < -0.39 is 12.1 Å². The van der Waals surface area contributed by atoms with Crippen LogP contribution in [0.2, 0.25) is 5.02 Å². The number of carbonyl (C=O) groups excluding carboxylic acids is 1. The van der Waals surface area contributed by atoms with E-state index in [1.54, 1.807) is 19.1 Å². The minimum atomic E-state index is -0.818. The van der Waals surface area contributed by atoms with Gasteiger partial charge in [-0.05, 0) is 37.5 Å². The molecule has 1 aliphatic carbocycles. The van der Waals surface area contributed by atoms with Crippen molar-refractivity contribution in [3.8, 4) is 0 Å². The number of benzene rings is 1. The zero-order valence-electron chi connectivity index (χ0n) is 12.7. The Balaban J connectivity index is 1.70. The number of aromatic nitrogens is 2. The smallest absolute Gasteiger partial charge is 0.251 e. The molecule has 0 spiro atoms. The first kappa shape index (κ1) is 16.0. The van der Waals surface area contributed by atoms with Crippen molar-refractivity contribution in [2.45, 2.75) is 38.3 Å². The first-order valence-electron chi connectivity index (χ1n) is 7.58. The van der Waals surface area contributed by atoms with Crippen LogP contribution >= 0.6 is 11.6 Å². The van der Waals surface area contributed by atoms with E-state index in [0.717, 1.165) is 18.4 Å². The Labute approximate surface area is 138 Å². The Hall–Kier alpha value is -1.92. The van der Waals surface area contributed by atoms with Gasteiger partial charge in [0.2, 0.25) is 5.91 Å². The SMILES string of the molecule is CC(O)C(NC(=O)C1CC1)c1nc(Cc2ccc(Cl)cc2)no1. The van der Waals surface area contributed by atoms with E-state index >= 15 is 0 Å². The second-order valence-electron chi connectivity index (χ2n) is 5.85. The van der Waals surface area contributed by atoms with Crippen LogP contribution < -0.4 is 5.32 Å². The lowest BCUT2D eigenvalue weighted by Crippen LogP contribution is -2.36. The van der Waals surface area contributed by atoms with Crippen LogP contribution in [0.25, 0.3) is 0 Å². The minimum Gasteiger partial charge on any atom is -0.391 e. The number of hydrogen-bond donors (Lipinski definition) is 2. The van der Waals surface area contributed by atoms with Gasteiger partial charge in [0.15, 0.2) is 5.82 Å². The van der Waals surface area contributed by atoms with Gasteiger partial charge in [0.1, 0.15) is 6.04 Å². The number of rotatable bonds is 6. The van der Waals surface area contributed by atoms with Gasteiger partial charge in [-0.15, -0.1) is 0 Å². The Kier molecular flexibility index (Phi) is 4.63. The molecule has 0 saturated heterocycles. The third kappa shape index (κ3) is 4.09. The van der Waals surface area contributed by atoms with Gasteiger partial charge in [-0.3, -0.25) is 4.79 Å². The van der Waals surface area contributed by atoms with E-state index in [1.165, 1.54) is 0 Å².